The first kappa shape index (κ1) is 19.8. The van der Waals surface area contributed by atoms with E-state index >= 15 is 0 Å². The lowest BCUT2D eigenvalue weighted by Crippen LogP contribution is -2.36. The van der Waals surface area contributed by atoms with E-state index in [1.165, 1.54) is 12.1 Å². The topological polar surface area (TPSA) is 67.4 Å². The number of halogens is 3. The van der Waals surface area contributed by atoms with Crippen LogP contribution >= 0.6 is 31.9 Å². The van der Waals surface area contributed by atoms with Crippen molar-refractivity contribution in [3.63, 3.8) is 0 Å². The summed E-state index contributed by atoms with van der Waals surface area (Å²) in [5, 5.41) is 3.24. The fraction of sp³-hybridized carbons (Fsp3) is 0.294. The number of sulfonamides is 1. The van der Waals surface area contributed by atoms with Crippen LogP contribution in [-0.4, -0.2) is 33.7 Å². The second-order valence-corrected chi connectivity index (χ2v) is 9.45. The van der Waals surface area contributed by atoms with Crippen LogP contribution in [0.15, 0.2) is 56.3 Å². The van der Waals surface area contributed by atoms with Crippen LogP contribution in [0.25, 0.3) is 0 Å². The van der Waals surface area contributed by atoms with Gasteiger partial charge in [-0.3, -0.25) is 0 Å². The molecule has 1 aliphatic rings. The fourth-order valence-electron chi connectivity index (χ4n) is 2.73. The van der Waals surface area contributed by atoms with E-state index in [4.69, 9.17) is 4.74 Å². The minimum Gasteiger partial charge on any atom is -0.492 e. The zero-order chi connectivity index (χ0) is 18.7. The van der Waals surface area contributed by atoms with Gasteiger partial charge >= 0.3 is 0 Å². The molecule has 2 aromatic carbocycles. The molecule has 0 bridgehead atoms. The molecule has 1 fully saturated rings. The number of hydrogen-bond donors (Lipinski definition) is 2. The summed E-state index contributed by atoms with van der Waals surface area (Å²) in [6.07, 6.45) is 0.603. The standard InChI is InChI=1S/C17H17Br2FN2O3S/c18-11-1-6-16(19)17(7-11)26(23,24)22-13-8-14(21-9-13)10-25-15-4-2-12(20)3-5-15/h1-7,13-14,21-22H,8-10H2/t13-,14-/m1/s1. The molecule has 5 nitrogen and oxygen atoms in total. The Balaban J connectivity index is 1.57. The van der Waals surface area contributed by atoms with Gasteiger partial charge < -0.3 is 10.1 Å². The molecule has 1 heterocycles. The number of nitrogens with one attached hydrogen (secondary N) is 2. The average Bonchev–Trinajstić information content (AvgIpc) is 3.03. The SMILES string of the molecule is O=S(=O)(N[C@H]1CN[C@@H](COc2ccc(F)cc2)C1)c1cc(Br)ccc1Br. The molecule has 2 atom stereocenters. The molecule has 2 aromatic rings. The molecular formula is C17H17Br2FN2O3S. The van der Waals surface area contributed by atoms with Crippen LogP contribution in [0.1, 0.15) is 6.42 Å². The van der Waals surface area contributed by atoms with E-state index in [9.17, 15) is 12.8 Å². The smallest absolute Gasteiger partial charge is 0.242 e. The average molecular weight is 508 g/mol. The Morgan fingerprint density at radius 3 is 2.65 bits per heavy atom. The van der Waals surface area contributed by atoms with Crippen LogP contribution in [0.3, 0.4) is 0 Å². The molecule has 3 rings (SSSR count). The summed E-state index contributed by atoms with van der Waals surface area (Å²) in [5.41, 5.74) is 0. The van der Waals surface area contributed by atoms with Gasteiger partial charge in [-0.05, 0) is 64.8 Å². The molecule has 0 aliphatic carbocycles. The van der Waals surface area contributed by atoms with Gasteiger partial charge in [0, 0.05) is 27.6 Å². The number of hydrogen-bond acceptors (Lipinski definition) is 4. The van der Waals surface area contributed by atoms with Gasteiger partial charge in [0.2, 0.25) is 10.0 Å². The summed E-state index contributed by atoms with van der Waals surface area (Å²) < 4.78 is 47.7. The molecule has 0 radical (unpaired) electrons. The lowest BCUT2D eigenvalue weighted by molar-refractivity contribution is 0.276. The molecule has 0 unspecified atom stereocenters. The molecule has 0 aromatic heterocycles. The zero-order valence-electron chi connectivity index (χ0n) is 13.6. The Morgan fingerprint density at radius 1 is 1.19 bits per heavy atom. The lowest BCUT2D eigenvalue weighted by Gasteiger charge is -2.14. The third-order valence-corrected chi connectivity index (χ3v) is 7.00. The van der Waals surface area contributed by atoms with E-state index < -0.39 is 10.0 Å². The van der Waals surface area contributed by atoms with Gasteiger partial charge in [0.1, 0.15) is 18.2 Å². The number of benzene rings is 2. The van der Waals surface area contributed by atoms with E-state index in [1.54, 1.807) is 30.3 Å². The second-order valence-electron chi connectivity index (χ2n) is 6.00. The maximum Gasteiger partial charge on any atom is 0.242 e. The highest BCUT2D eigenvalue weighted by molar-refractivity contribution is 9.11. The van der Waals surface area contributed by atoms with Crippen LogP contribution in [0.2, 0.25) is 0 Å². The maximum absolute atomic E-state index is 12.9. The molecule has 9 heteroatoms. The highest BCUT2D eigenvalue weighted by Crippen LogP contribution is 2.26. The summed E-state index contributed by atoms with van der Waals surface area (Å²) in [5.74, 6) is 0.264. The van der Waals surface area contributed by atoms with E-state index in [0.717, 1.165) is 0 Å². The summed E-state index contributed by atoms with van der Waals surface area (Å²) in [4.78, 5) is 0.192. The molecule has 1 aliphatic heterocycles. The highest BCUT2D eigenvalue weighted by Gasteiger charge is 2.29. The molecule has 0 saturated carbocycles. The molecule has 0 amide bonds. The largest absolute Gasteiger partial charge is 0.492 e. The van der Waals surface area contributed by atoms with E-state index in [2.05, 4.69) is 41.9 Å². The summed E-state index contributed by atoms with van der Waals surface area (Å²) in [6, 6.07) is 10.6. The minimum atomic E-state index is -3.64. The van der Waals surface area contributed by atoms with Crippen LogP contribution in [0, 0.1) is 5.82 Å². The molecule has 2 N–H and O–H groups in total. The van der Waals surface area contributed by atoms with Crippen molar-refractivity contribution < 1.29 is 17.5 Å². The summed E-state index contributed by atoms with van der Waals surface area (Å²) in [6.45, 7) is 0.896. The van der Waals surface area contributed by atoms with Gasteiger partial charge in [0.25, 0.3) is 0 Å². The normalized spacial score (nSPS) is 20.3. The second kappa shape index (κ2) is 8.35. The van der Waals surface area contributed by atoms with Gasteiger partial charge in [0.15, 0.2) is 0 Å². The molecule has 0 spiro atoms. The first-order chi connectivity index (χ1) is 12.3. The number of ether oxygens (including phenoxy) is 1. The Bertz CT molecular complexity index is 878. The molecule has 26 heavy (non-hydrogen) atoms. The van der Waals surface area contributed by atoms with Gasteiger partial charge in [-0.2, -0.15) is 0 Å². The highest BCUT2D eigenvalue weighted by atomic mass is 79.9. The lowest BCUT2D eigenvalue weighted by atomic mass is 10.2. The van der Waals surface area contributed by atoms with Gasteiger partial charge in [-0.15, -0.1) is 0 Å². The predicted octanol–water partition coefficient (Wildman–Crippen LogP) is 3.44. The number of rotatable bonds is 6. The van der Waals surface area contributed by atoms with Crippen molar-refractivity contribution in [1.29, 1.82) is 0 Å². The van der Waals surface area contributed by atoms with Crippen molar-refractivity contribution in [2.45, 2.75) is 23.4 Å². The molecular weight excluding hydrogens is 491 g/mol. The van der Waals surface area contributed by atoms with Gasteiger partial charge in [0.05, 0.1) is 4.90 Å². The molecule has 140 valence electrons. The van der Waals surface area contributed by atoms with Gasteiger partial charge in [-0.25, -0.2) is 17.5 Å². The van der Waals surface area contributed by atoms with Crippen molar-refractivity contribution in [3.05, 3.63) is 57.2 Å². The monoisotopic (exact) mass is 506 g/mol. The van der Waals surface area contributed by atoms with Crippen molar-refractivity contribution in [2.75, 3.05) is 13.2 Å². The van der Waals surface area contributed by atoms with Crippen LogP contribution in [0.5, 0.6) is 5.75 Å². The maximum atomic E-state index is 12.9. The summed E-state index contributed by atoms with van der Waals surface area (Å²) in [7, 11) is -3.64. The van der Waals surface area contributed by atoms with Crippen LogP contribution in [0.4, 0.5) is 4.39 Å². The van der Waals surface area contributed by atoms with Crippen LogP contribution in [-0.2, 0) is 10.0 Å². The zero-order valence-corrected chi connectivity index (χ0v) is 17.6. The molecule has 1 saturated heterocycles. The third kappa shape index (κ3) is 5.04. The minimum absolute atomic E-state index is 0.0127. The Hall–Kier alpha value is -1.000. The fourth-order valence-corrected chi connectivity index (χ4v) is 5.48. The Kier molecular flexibility index (Phi) is 6.34. The van der Waals surface area contributed by atoms with Crippen molar-refractivity contribution in [1.82, 2.24) is 10.0 Å². The van der Waals surface area contributed by atoms with Crippen molar-refractivity contribution in [3.8, 4) is 5.75 Å². The van der Waals surface area contributed by atoms with E-state index in [-0.39, 0.29) is 22.8 Å². The predicted molar refractivity (Wildman–Crippen MR) is 104 cm³/mol. The van der Waals surface area contributed by atoms with Crippen molar-refractivity contribution >= 4 is 41.9 Å². The van der Waals surface area contributed by atoms with Gasteiger partial charge in [-0.1, -0.05) is 15.9 Å². The Morgan fingerprint density at radius 2 is 1.92 bits per heavy atom. The third-order valence-electron chi connectivity index (χ3n) is 3.99. The first-order valence-corrected chi connectivity index (χ1v) is 11.0. The van der Waals surface area contributed by atoms with Crippen LogP contribution < -0.4 is 14.8 Å². The quantitative estimate of drug-likeness (QED) is 0.628. The first-order valence-electron chi connectivity index (χ1n) is 7.92. The summed E-state index contributed by atoms with van der Waals surface area (Å²) >= 11 is 6.57. The van der Waals surface area contributed by atoms with E-state index in [1.807, 2.05) is 0 Å². The van der Waals surface area contributed by atoms with E-state index in [0.29, 0.717) is 34.3 Å². The Labute approximate surface area is 168 Å². The van der Waals surface area contributed by atoms with Crippen molar-refractivity contribution in [2.24, 2.45) is 0 Å².